The monoisotopic (exact) mass is 262 g/mol. The molecule has 100 valence electrons. The highest BCUT2D eigenvalue weighted by Crippen LogP contribution is 2.25. The van der Waals surface area contributed by atoms with E-state index in [1.807, 2.05) is 11.9 Å². The molecule has 2 N–H and O–H groups in total. The second-order valence-corrected chi connectivity index (χ2v) is 5.10. The molecule has 1 aliphatic heterocycles. The molecule has 0 saturated carbocycles. The normalized spacial score (nSPS) is 24.2. The zero-order valence-corrected chi connectivity index (χ0v) is 10.6. The van der Waals surface area contributed by atoms with Crippen LogP contribution in [0.2, 0.25) is 0 Å². The molecule has 5 heteroatoms. The number of Topliss-reactive ketones (excluding diaryl/α,β-unsaturated/α-hetero) is 1. The van der Waals surface area contributed by atoms with E-state index in [1.165, 1.54) is 12.1 Å². The van der Waals surface area contributed by atoms with Crippen LogP contribution < -0.4 is 0 Å². The summed E-state index contributed by atoms with van der Waals surface area (Å²) in [6.07, 6.45) is 1.61. The standard InChI is InChI=1S/C14H15FN2O2/c1-17-7-9(18)5-13(17)14(19)11-6-16-12-4-8(15)2-3-10(11)12/h2-4,6,9,13,16,18H,5,7H2,1H3. The van der Waals surface area contributed by atoms with Crippen LogP contribution in [0.15, 0.2) is 24.4 Å². The van der Waals surface area contributed by atoms with Crippen LogP contribution in [-0.2, 0) is 0 Å². The van der Waals surface area contributed by atoms with Crippen LogP contribution in [-0.4, -0.2) is 46.5 Å². The minimum absolute atomic E-state index is 0.0306. The summed E-state index contributed by atoms with van der Waals surface area (Å²) in [4.78, 5) is 17.3. The summed E-state index contributed by atoms with van der Waals surface area (Å²) in [5.41, 5.74) is 1.17. The number of hydrogen-bond acceptors (Lipinski definition) is 3. The molecule has 1 aromatic heterocycles. The predicted molar refractivity (Wildman–Crippen MR) is 69.6 cm³/mol. The lowest BCUT2D eigenvalue weighted by molar-refractivity contribution is 0.0891. The molecule has 1 fully saturated rings. The Labute approximate surface area is 109 Å². The minimum Gasteiger partial charge on any atom is -0.392 e. The smallest absolute Gasteiger partial charge is 0.182 e. The number of ketones is 1. The van der Waals surface area contributed by atoms with Crippen LogP contribution in [0.3, 0.4) is 0 Å². The largest absolute Gasteiger partial charge is 0.392 e. The number of H-pyrrole nitrogens is 1. The van der Waals surface area contributed by atoms with Crippen molar-refractivity contribution >= 4 is 16.7 Å². The van der Waals surface area contributed by atoms with E-state index < -0.39 is 6.10 Å². The van der Waals surface area contributed by atoms with Gasteiger partial charge in [0.05, 0.1) is 12.1 Å². The second kappa shape index (κ2) is 4.43. The third-order valence-corrected chi connectivity index (χ3v) is 3.74. The molecular weight excluding hydrogens is 247 g/mol. The number of aromatic amines is 1. The van der Waals surface area contributed by atoms with E-state index in [0.29, 0.717) is 24.0 Å². The Morgan fingerprint density at radius 3 is 3.00 bits per heavy atom. The van der Waals surface area contributed by atoms with Gasteiger partial charge < -0.3 is 10.1 Å². The molecule has 4 nitrogen and oxygen atoms in total. The number of rotatable bonds is 2. The Morgan fingerprint density at radius 1 is 1.53 bits per heavy atom. The van der Waals surface area contributed by atoms with Gasteiger partial charge in [-0.3, -0.25) is 9.69 Å². The summed E-state index contributed by atoms with van der Waals surface area (Å²) in [5, 5.41) is 10.3. The van der Waals surface area contributed by atoms with Crippen LogP contribution in [0.25, 0.3) is 10.9 Å². The second-order valence-electron chi connectivity index (χ2n) is 5.10. The van der Waals surface area contributed by atoms with E-state index >= 15 is 0 Å². The molecule has 0 amide bonds. The van der Waals surface area contributed by atoms with Crippen molar-refractivity contribution in [1.82, 2.24) is 9.88 Å². The van der Waals surface area contributed by atoms with Gasteiger partial charge in [-0.1, -0.05) is 0 Å². The van der Waals surface area contributed by atoms with E-state index in [2.05, 4.69) is 4.98 Å². The number of aliphatic hydroxyl groups is 1. The van der Waals surface area contributed by atoms with E-state index in [-0.39, 0.29) is 17.6 Å². The zero-order chi connectivity index (χ0) is 13.6. The number of aliphatic hydroxyl groups excluding tert-OH is 1. The first-order valence-corrected chi connectivity index (χ1v) is 6.25. The topological polar surface area (TPSA) is 56.3 Å². The molecule has 19 heavy (non-hydrogen) atoms. The number of likely N-dealkylation sites (tertiary alicyclic amines) is 1. The average Bonchev–Trinajstić information content (AvgIpc) is 2.91. The lowest BCUT2D eigenvalue weighted by Crippen LogP contribution is -2.32. The third kappa shape index (κ3) is 2.05. The van der Waals surface area contributed by atoms with Crippen molar-refractivity contribution in [2.75, 3.05) is 13.6 Å². The summed E-state index contributed by atoms with van der Waals surface area (Å²) in [6, 6.07) is 4.03. The molecule has 0 bridgehead atoms. The Bertz CT molecular complexity index is 637. The van der Waals surface area contributed by atoms with Gasteiger partial charge in [0.15, 0.2) is 5.78 Å². The van der Waals surface area contributed by atoms with Gasteiger partial charge in [-0.15, -0.1) is 0 Å². The van der Waals surface area contributed by atoms with Crippen LogP contribution in [0.5, 0.6) is 0 Å². The van der Waals surface area contributed by atoms with Crippen molar-refractivity contribution in [1.29, 1.82) is 0 Å². The summed E-state index contributed by atoms with van der Waals surface area (Å²) in [7, 11) is 1.83. The maximum absolute atomic E-state index is 13.1. The van der Waals surface area contributed by atoms with E-state index in [1.54, 1.807) is 12.3 Å². The maximum atomic E-state index is 13.1. The zero-order valence-electron chi connectivity index (χ0n) is 10.6. The van der Waals surface area contributed by atoms with Crippen molar-refractivity contribution in [3.63, 3.8) is 0 Å². The number of benzene rings is 1. The predicted octanol–water partition coefficient (Wildman–Crippen LogP) is 1.55. The molecule has 1 aliphatic rings. The number of fused-ring (bicyclic) bond motifs is 1. The van der Waals surface area contributed by atoms with Crippen molar-refractivity contribution in [2.45, 2.75) is 18.6 Å². The highest BCUT2D eigenvalue weighted by atomic mass is 19.1. The molecule has 0 aliphatic carbocycles. The number of likely N-dealkylation sites (N-methyl/N-ethyl adjacent to an activating group) is 1. The van der Waals surface area contributed by atoms with Gasteiger partial charge in [-0.05, 0) is 31.7 Å². The first-order valence-electron chi connectivity index (χ1n) is 6.25. The van der Waals surface area contributed by atoms with Crippen LogP contribution >= 0.6 is 0 Å². The number of halogens is 1. The SMILES string of the molecule is CN1CC(O)CC1C(=O)c1c[nH]c2cc(F)ccc12. The summed E-state index contributed by atoms with van der Waals surface area (Å²) < 4.78 is 13.1. The number of nitrogens with zero attached hydrogens (tertiary/aromatic N) is 1. The van der Waals surface area contributed by atoms with Gasteiger partial charge in [0.1, 0.15) is 5.82 Å². The Hall–Kier alpha value is -1.72. The molecule has 2 atom stereocenters. The van der Waals surface area contributed by atoms with Gasteiger partial charge in [-0.2, -0.15) is 0 Å². The van der Waals surface area contributed by atoms with Crippen LogP contribution in [0.4, 0.5) is 4.39 Å². The van der Waals surface area contributed by atoms with Crippen molar-refractivity contribution in [3.05, 3.63) is 35.8 Å². The van der Waals surface area contributed by atoms with Gasteiger partial charge in [-0.25, -0.2) is 4.39 Å². The fraction of sp³-hybridized carbons (Fsp3) is 0.357. The minimum atomic E-state index is -0.457. The maximum Gasteiger partial charge on any atom is 0.182 e. The first-order chi connectivity index (χ1) is 9.06. The highest BCUT2D eigenvalue weighted by Gasteiger charge is 2.34. The number of β-amino-alcohol motifs (C(OH)–C–C–N with tert-alkyl or cyclic N) is 1. The molecular formula is C14H15FN2O2. The first kappa shape index (κ1) is 12.3. The average molecular weight is 262 g/mol. The summed E-state index contributed by atoms with van der Waals surface area (Å²) in [5.74, 6) is -0.362. The molecule has 2 heterocycles. The molecule has 3 rings (SSSR count). The number of hydrogen-bond donors (Lipinski definition) is 2. The van der Waals surface area contributed by atoms with Crippen molar-refractivity contribution in [2.24, 2.45) is 0 Å². The van der Waals surface area contributed by atoms with Gasteiger partial charge >= 0.3 is 0 Å². The van der Waals surface area contributed by atoms with Gasteiger partial charge in [0, 0.05) is 29.2 Å². The lowest BCUT2D eigenvalue weighted by atomic mass is 10.0. The fourth-order valence-corrected chi connectivity index (χ4v) is 2.76. The van der Waals surface area contributed by atoms with E-state index in [9.17, 15) is 14.3 Å². The number of carbonyl (C=O) groups is 1. The van der Waals surface area contributed by atoms with Crippen LogP contribution in [0.1, 0.15) is 16.8 Å². The van der Waals surface area contributed by atoms with Crippen LogP contribution in [0, 0.1) is 5.82 Å². The molecule has 0 spiro atoms. The van der Waals surface area contributed by atoms with Crippen molar-refractivity contribution < 1.29 is 14.3 Å². The Balaban J connectivity index is 1.98. The molecule has 1 aromatic carbocycles. The summed E-state index contributed by atoms with van der Waals surface area (Å²) in [6.45, 7) is 0.507. The lowest BCUT2D eigenvalue weighted by Gasteiger charge is -2.16. The van der Waals surface area contributed by atoms with Gasteiger partial charge in [0.25, 0.3) is 0 Å². The molecule has 0 radical (unpaired) electrons. The Kier molecular flexibility index (Phi) is 2.88. The number of nitrogens with one attached hydrogen (secondary N) is 1. The van der Waals surface area contributed by atoms with E-state index in [4.69, 9.17) is 0 Å². The molecule has 1 saturated heterocycles. The van der Waals surface area contributed by atoms with Gasteiger partial charge in [0.2, 0.25) is 0 Å². The third-order valence-electron chi connectivity index (χ3n) is 3.74. The Morgan fingerprint density at radius 2 is 2.32 bits per heavy atom. The fourth-order valence-electron chi connectivity index (χ4n) is 2.76. The molecule has 2 unspecified atom stereocenters. The number of carbonyl (C=O) groups excluding carboxylic acids is 1. The number of aromatic nitrogens is 1. The van der Waals surface area contributed by atoms with Crippen molar-refractivity contribution in [3.8, 4) is 0 Å². The summed E-state index contributed by atoms with van der Waals surface area (Å²) >= 11 is 0. The van der Waals surface area contributed by atoms with E-state index in [0.717, 1.165) is 5.39 Å². The highest BCUT2D eigenvalue weighted by molar-refractivity contribution is 6.10. The quantitative estimate of drug-likeness (QED) is 0.807. The molecule has 2 aromatic rings.